The van der Waals surface area contributed by atoms with Crippen LogP contribution in [-0.2, 0) is 69.0 Å². The first-order valence-electron chi connectivity index (χ1n) is 22.0. The maximum absolute atomic E-state index is 13.6. The highest BCUT2D eigenvalue weighted by Gasteiger charge is 2.44. The van der Waals surface area contributed by atoms with E-state index in [1.54, 1.807) is 0 Å². The molecule has 0 radical (unpaired) electrons. The molecule has 350 valence electrons. The van der Waals surface area contributed by atoms with Gasteiger partial charge < -0.3 is 10.6 Å². The van der Waals surface area contributed by atoms with Crippen LogP contribution in [0.15, 0.2) is 99.7 Å². The van der Waals surface area contributed by atoms with Gasteiger partial charge in [0.2, 0.25) is 11.8 Å². The maximum Gasteiger partial charge on any atom is 0.254 e. The average molecular weight is 926 g/mol. The molecule has 3 N–H and O–H groups in total. The third-order valence-electron chi connectivity index (χ3n) is 10.5. The first kappa shape index (κ1) is 52.2. The molecule has 1 aromatic heterocycles. The number of aryl methyl sites for hydroxylation is 1. The second-order valence-corrected chi connectivity index (χ2v) is 23.9. The van der Waals surface area contributed by atoms with Gasteiger partial charge in [0.05, 0.1) is 30.8 Å². The lowest BCUT2D eigenvalue weighted by Crippen LogP contribution is -2.31. The van der Waals surface area contributed by atoms with Crippen LogP contribution in [0.2, 0.25) is 0 Å². The van der Waals surface area contributed by atoms with Crippen LogP contribution < -0.4 is 10.6 Å². The second-order valence-electron chi connectivity index (χ2n) is 19.3. The SMILES string of the molecule is CC1(C)C#CC(C)(C)CS(=O)(=NC(=O)CCC(=O)NCc2ccccc2)C1.CC1(C)CS(=O)(=NC(=O)CCC(=O)NCc2ccccc2)CC(C)(C)c2n[nH]nc21.CCc1ccccc1. The summed E-state index contributed by atoms with van der Waals surface area (Å²) in [6, 6.07) is 29.6. The molecular formula is C50H67N7O6S2. The Balaban J connectivity index is 0.000000244. The summed E-state index contributed by atoms with van der Waals surface area (Å²) < 4.78 is 35.0. The maximum atomic E-state index is 13.6. The predicted octanol–water partition coefficient (Wildman–Crippen LogP) is 7.86. The number of hydrogen-bond acceptors (Lipinski definition) is 8. The van der Waals surface area contributed by atoms with Crippen molar-refractivity contribution in [1.82, 2.24) is 26.0 Å². The Labute approximate surface area is 386 Å². The fourth-order valence-electron chi connectivity index (χ4n) is 7.60. The van der Waals surface area contributed by atoms with Crippen LogP contribution in [0.5, 0.6) is 0 Å². The zero-order valence-electron chi connectivity index (χ0n) is 39.5. The third kappa shape index (κ3) is 17.5. The van der Waals surface area contributed by atoms with E-state index in [1.807, 2.05) is 122 Å². The fraction of sp³-hybridized carbons (Fsp3) is 0.480. The number of carbonyl (C=O) groups excluding carboxylic acids is 4. The van der Waals surface area contributed by atoms with Crippen LogP contribution in [0.1, 0.15) is 116 Å². The molecule has 0 aliphatic carbocycles. The van der Waals surface area contributed by atoms with Crippen LogP contribution >= 0.6 is 0 Å². The Bertz CT molecular complexity index is 2510. The zero-order valence-corrected chi connectivity index (χ0v) is 41.1. The topological polar surface area (TPSA) is 193 Å². The van der Waals surface area contributed by atoms with E-state index in [4.69, 9.17) is 0 Å². The summed E-state index contributed by atoms with van der Waals surface area (Å²) in [6.07, 6.45) is 1.08. The Hall–Kier alpha value is -5.46. The van der Waals surface area contributed by atoms with Crippen LogP contribution in [0.3, 0.4) is 0 Å². The van der Waals surface area contributed by atoms with Gasteiger partial charge in [-0.3, -0.25) is 19.2 Å². The number of amides is 4. The van der Waals surface area contributed by atoms with Gasteiger partial charge in [-0.05, 0) is 50.8 Å². The third-order valence-corrected chi connectivity index (χ3v) is 16.3. The van der Waals surface area contributed by atoms with Gasteiger partial charge in [0.1, 0.15) is 0 Å². The van der Waals surface area contributed by atoms with E-state index in [9.17, 15) is 27.6 Å². The van der Waals surface area contributed by atoms with Crippen molar-refractivity contribution in [3.05, 3.63) is 119 Å². The number of carbonyl (C=O) groups is 4. The van der Waals surface area contributed by atoms with Crippen LogP contribution in [0.4, 0.5) is 0 Å². The van der Waals surface area contributed by atoms with Crippen LogP contribution in [0, 0.1) is 22.7 Å². The summed E-state index contributed by atoms with van der Waals surface area (Å²) in [5.74, 6) is 5.84. The molecule has 2 aliphatic rings. The minimum absolute atomic E-state index is 0.0147. The standard InChI is InChI=1S/C21H29N5O3S.C21H28N2O3S.C8H10/c1-20(2)13-30(29,14-21(3,4)19-18(20)23-26-24-19)25-17(28)11-10-16(27)22-12-15-8-6-5-7-9-15;1-20(2)12-13-21(3,4)16-27(26,15-20)23-19(25)11-10-18(24)22-14-17-8-6-5-7-9-17;1-2-8-6-4-3-5-7-8/h5-9H,10-14H2,1-4H3,(H,22,27)(H,23,24,26);5-9H,10-11,14-16H2,1-4H3,(H,22,24);3-7H,2H2,1H3. The number of H-pyrrole nitrogens is 1. The molecule has 15 heteroatoms. The number of nitrogens with one attached hydrogen (secondary N) is 3. The Morgan fingerprint density at radius 2 is 0.892 bits per heavy atom. The quantitative estimate of drug-likeness (QED) is 0.127. The van der Waals surface area contributed by atoms with Crippen LogP contribution in [-0.4, -0.2) is 70.5 Å². The number of aromatic nitrogens is 3. The molecule has 6 rings (SSSR count). The normalized spacial score (nSPS) is 17.7. The van der Waals surface area contributed by atoms with Crippen molar-refractivity contribution < 1.29 is 27.6 Å². The van der Waals surface area contributed by atoms with Gasteiger partial charge in [-0.2, -0.15) is 24.1 Å². The first-order valence-corrected chi connectivity index (χ1v) is 25.8. The summed E-state index contributed by atoms with van der Waals surface area (Å²) in [5.41, 5.74) is 2.93. The minimum Gasteiger partial charge on any atom is -0.352 e. The number of fused-ring (bicyclic) bond motifs is 1. The molecule has 3 heterocycles. The van der Waals surface area contributed by atoms with Gasteiger partial charge in [0.15, 0.2) is 0 Å². The highest BCUT2D eigenvalue weighted by molar-refractivity contribution is 7.94. The van der Waals surface area contributed by atoms with Crippen molar-refractivity contribution in [3.63, 3.8) is 0 Å². The number of hydrogen-bond donors (Lipinski definition) is 3. The van der Waals surface area contributed by atoms with Crippen molar-refractivity contribution >= 4 is 43.1 Å². The molecule has 0 fully saturated rings. The molecule has 0 unspecified atom stereocenters. The molecule has 3 aromatic carbocycles. The number of benzene rings is 3. The number of aromatic amines is 1. The molecule has 2 aliphatic heterocycles. The van der Waals surface area contributed by atoms with E-state index in [1.165, 1.54) is 5.56 Å². The summed E-state index contributed by atoms with van der Waals surface area (Å²) >= 11 is 0. The van der Waals surface area contributed by atoms with Crippen molar-refractivity contribution in [3.8, 4) is 11.8 Å². The molecule has 0 bridgehead atoms. The molecule has 4 aromatic rings. The minimum atomic E-state index is -2.83. The molecular weight excluding hydrogens is 859 g/mol. The summed E-state index contributed by atoms with van der Waals surface area (Å²) in [5, 5.41) is 16.8. The van der Waals surface area contributed by atoms with E-state index in [0.29, 0.717) is 13.1 Å². The summed E-state index contributed by atoms with van der Waals surface area (Å²) in [7, 11) is -5.56. The Morgan fingerprint density at radius 1 is 0.554 bits per heavy atom. The molecule has 4 amide bonds. The molecule has 0 saturated carbocycles. The van der Waals surface area contributed by atoms with Crippen molar-refractivity contribution in [1.29, 1.82) is 0 Å². The zero-order chi connectivity index (χ0) is 47.9. The Morgan fingerprint density at radius 3 is 1.23 bits per heavy atom. The van der Waals surface area contributed by atoms with E-state index in [2.05, 4.69) is 77.8 Å². The lowest BCUT2D eigenvalue weighted by Gasteiger charge is -2.22. The van der Waals surface area contributed by atoms with Crippen molar-refractivity contribution in [2.45, 2.75) is 118 Å². The van der Waals surface area contributed by atoms with E-state index < -0.39 is 52.9 Å². The fourth-order valence-corrected chi connectivity index (χ4v) is 13.9. The van der Waals surface area contributed by atoms with Gasteiger partial charge in [-0.25, -0.2) is 8.42 Å². The van der Waals surface area contributed by atoms with Crippen molar-refractivity contribution in [2.75, 3.05) is 23.0 Å². The van der Waals surface area contributed by atoms with Crippen LogP contribution in [0.25, 0.3) is 0 Å². The molecule has 0 saturated heterocycles. The molecule has 13 nitrogen and oxygen atoms in total. The second kappa shape index (κ2) is 22.6. The molecule has 65 heavy (non-hydrogen) atoms. The van der Waals surface area contributed by atoms with Gasteiger partial charge in [-0.1, -0.05) is 137 Å². The van der Waals surface area contributed by atoms with Crippen molar-refractivity contribution in [2.24, 2.45) is 19.6 Å². The molecule has 0 spiro atoms. The van der Waals surface area contributed by atoms with Gasteiger partial charge >= 0.3 is 0 Å². The number of nitrogens with zero attached hydrogens (tertiary/aromatic N) is 4. The van der Waals surface area contributed by atoms with Gasteiger partial charge in [0, 0.05) is 83.4 Å². The van der Waals surface area contributed by atoms with Gasteiger partial charge in [0.25, 0.3) is 11.8 Å². The van der Waals surface area contributed by atoms with E-state index in [0.717, 1.165) is 28.9 Å². The van der Waals surface area contributed by atoms with E-state index in [-0.39, 0.29) is 60.5 Å². The number of rotatable bonds is 11. The van der Waals surface area contributed by atoms with Gasteiger partial charge in [-0.15, -0.1) is 0 Å². The summed E-state index contributed by atoms with van der Waals surface area (Å²) in [6.45, 7) is 18.4. The lowest BCUT2D eigenvalue weighted by molar-refractivity contribution is -0.125. The average Bonchev–Trinajstić information content (AvgIpc) is 3.72. The smallest absolute Gasteiger partial charge is 0.254 e. The first-order chi connectivity index (χ1) is 30.4. The summed E-state index contributed by atoms with van der Waals surface area (Å²) in [4.78, 5) is 48.8. The Kier molecular flexibility index (Phi) is 18.2. The molecule has 0 atom stereocenters. The lowest BCUT2D eigenvalue weighted by atomic mass is 9.82. The van der Waals surface area contributed by atoms with E-state index >= 15 is 0 Å². The monoisotopic (exact) mass is 925 g/mol. The largest absolute Gasteiger partial charge is 0.352 e. The highest BCUT2D eigenvalue weighted by atomic mass is 32.2. The predicted molar refractivity (Wildman–Crippen MR) is 259 cm³/mol. The highest BCUT2D eigenvalue weighted by Crippen LogP contribution is 2.38.